The van der Waals surface area contributed by atoms with Crippen LogP contribution in [0.5, 0.6) is 0 Å². The van der Waals surface area contributed by atoms with Gasteiger partial charge in [0.25, 0.3) is 0 Å². The zero-order valence-electron chi connectivity index (χ0n) is 30.7. The van der Waals surface area contributed by atoms with Crippen molar-refractivity contribution in [3.05, 3.63) is 46.6 Å². The molecule has 5 rings (SSSR count). The quantitative estimate of drug-likeness (QED) is 0.132. The number of nitrogens with one attached hydrogen (secondary N) is 1. The Morgan fingerprint density at radius 3 is 2.31 bits per heavy atom. The number of aliphatic hydroxyl groups is 4. The lowest BCUT2D eigenvalue weighted by atomic mass is 9.77. The molecule has 48 heavy (non-hydrogen) atoms. The van der Waals surface area contributed by atoms with Crippen LogP contribution in [0.3, 0.4) is 0 Å². The molecule has 0 bridgehead atoms. The molecule has 8 N–H and O–H groups in total. The zero-order valence-corrected chi connectivity index (χ0v) is 30.7. The van der Waals surface area contributed by atoms with Crippen molar-refractivity contribution in [3.8, 4) is 0 Å². The molecule has 1 saturated carbocycles. The highest BCUT2D eigenvalue weighted by Gasteiger charge is 2.47. The van der Waals surface area contributed by atoms with Gasteiger partial charge in [0.2, 0.25) is 0 Å². The largest absolute Gasteiger partial charge is 0.396 e. The summed E-state index contributed by atoms with van der Waals surface area (Å²) in [6, 6.07) is 0. The highest BCUT2D eigenvalue weighted by atomic mass is 17.0. The van der Waals surface area contributed by atoms with Gasteiger partial charge in [-0.05, 0) is 78.1 Å². The molecule has 10 unspecified atom stereocenters. The average Bonchev–Trinajstić information content (AvgIpc) is 3.75. The van der Waals surface area contributed by atoms with E-state index in [1.54, 1.807) is 0 Å². The number of Topliss-reactive ketones (excluding diaryl/α,β-unsaturated/α-hetero) is 1. The van der Waals surface area contributed by atoms with Crippen molar-refractivity contribution in [2.45, 2.75) is 150 Å². The molecule has 5 aliphatic rings. The molecule has 3 fully saturated rings. The topological polar surface area (TPSA) is 182 Å². The summed E-state index contributed by atoms with van der Waals surface area (Å²) < 4.78 is 11.6. The number of rotatable bonds is 9. The minimum Gasteiger partial charge on any atom is -0.396 e. The highest BCUT2D eigenvalue weighted by Crippen LogP contribution is 2.44. The second-order valence-electron chi connectivity index (χ2n) is 13.1. The fraction of sp³-hybridized carbons (Fsp3) is 0.757. The fourth-order valence-corrected chi connectivity index (χ4v) is 6.50. The fourth-order valence-electron chi connectivity index (χ4n) is 6.50. The Balaban J connectivity index is 0.000000365. The number of carbonyl (C=O) groups is 1. The molecular weight excluding hydrogens is 616 g/mol. The van der Waals surface area contributed by atoms with E-state index in [0.717, 1.165) is 32.1 Å². The molecule has 0 spiro atoms. The molecule has 2 heterocycles. The summed E-state index contributed by atoms with van der Waals surface area (Å²) in [5.74, 6) is 1.42. The van der Waals surface area contributed by atoms with Crippen LogP contribution in [-0.2, 0) is 23.9 Å². The Kier molecular flexibility index (Phi) is 21.1. The van der Waals surface area contributed by atoms with Gasteiger partial charge in [-0.3, -0.25) is 14.5 Å². The lowest BCUT2D eigenvalue weighted by Gasteiger charge is -2.38. The Morgan fingerprint density at radius 2 is 1.69 bits per heavy atom. The second-order valence-corrected chi connectivity index (χ2v) is 13.1. The molecule has 0 aromatic heterocycles. The predicted molar refractivity (Wildman–Crippen MR) is 188 cm³/mol. The van der Waals surface area contributed by atoms with Crippen molar-refractivity contribution < 1.29 is 44.4 Å². The number of hydrogen-bond acceptors (Lipinski definition) is 11. The van der Waals surface area contributed by atoms with E-state index in [2.05, 4.69) is 71.5 Å². The maximum absolute atomic E-state index is 10.7. The summed E-state index contributed by atoms with van der Waals surface area (Å²) in [6.45, 7) is 17.6. The van der Waals surface area contributed by atoms with Crippen LogP contribution in [0.25, 0.3) is 0 Å². The molecule has 2 saturated heterocycles. The van der Waals surface area contributed by atoms with Crippen LogP contribution in [0.4, 0.5) is 0 Å². The standard InChI is InChI=1S/C16H24O4.C14H26O.C5H7NO4.C2H6.H3N/c1-9-4-6-14(16-10(2)3-5-11(9)16)20-15-7-12(17)13(18)8-19-15;1-5-7-13(3)14(4)9-6-8-12(2)10-11-15;7-2-1-3-5(4(2)8)10-6-9-3;1-2;/h3-4,11-18H,5-8H2,1-2H3;7,9,12,15H,5-6,8,10-11H2,1-4H3;3-6,8H,1H2;1-2H3;1H3/b;13-7-,14-9+;;;. The Labute approximate surface area is 288 Å². The van der Waals surface area contributed by atoms with Crippen LogP contribution in [0.2, 0.25) is 0 Å². The summed E-state index contributed by atoms with van der Waals surface area (Å²) >= 11 is 0. The van der Waals surface area contributed by atoms with Crippen LogP contribution < -0.4 is 11.8 Å². The average molecular weight is 683 g/mol. The zero-order chi connectivity index (χ0) is 35.1. The Bertz CT molecular complexity index is 1080. The van der Waals surface area contributed by atoms with Crippen molar-refractivity contribution in [2.75, 3.05) is 13.2 Å². The molecule has 0 aromatic rings. The van der Waals surface area contributed by atoms with Gasteiger partial charge in [0, 0.05) is 25.4 Å². The monoisotopic (exact) mass is 682 g/mol. The van der Waals surface area contributed by atoms with E-state index in [9.17, 15) is 15.0 Å². The van der Waals surface area contributed by atoms with Gasteiger partial charge in [0.1, 0.15) is 24.4 Å². The van der Waals surface area contributed by atoms with Crippen LogP contribution in [0.1, 0.15) is 107 Å². The molecule has 0 aromatic carbocycles. The first-order valence-corrected chi connectivity index (χ1v) is 17.6. The third kappa shape index (κ3) is 13.2. The van der Waals surface area contributed by atoms with E-state index in [0.29, 0.717) is 30.8 Å². The van der Waals surface area contributed by atoms with Gasteiger partial charge in [-0.2, -0.15) is 0 Å². The Morgan fingerprint density at radius 1 is 1.02 bits per heavy atom. The van der Waals surface area contributed by atoms with Crippen LogP contribution >= 0.6 is 0 Å². The molecule has 11 heteroatoms. The first-order chi connectivity index (χ1) is 22.5. The first kappa shape index (κ1) is 44.3. The van der Waals surface area contributed by atoms with Crippen LogP contribution in [-0.4, -0.2) is 82.3 Å². The van der Waals surface area contributed by atoms with E-state index in [1.807, 2.05) is 13.8 Å². The maximum atomic E-state index is 10.7. The SMILES string of the molecule is CC.CC/C=C(C)\C(C)=C\CCC(C)CCO.CC1=CCC(OC2CC(O)C(O)CO2)C2C(C)=CCC12.N.O=C1CC2ONOC2C1O. The molecule has 10 atom stereocenters. The smallest absolute Gasteiger partial charge is 0.166 e. The lowest BCUT2D eigenvalue weighted by Crippen LogP contribution is -2.45. The molecule has 11 nitrogen and oxygen atoms in total. The molecule has 278 valence electrons. The predicted octanol–water partition coefficient (Wildman–Crippen LogP) is 5.57. The molecule has 3 aliphatic carbocycles. The van der Waals surface area contributed by atoms with Gasteiger partial charge in [-0.1, -0.05) is 79.9 Å². The maximum Gasteiger partial charge on any atom is 0.166 e. The van der Waals surface area contributed by atoms with Gasteiger partial charge in [-0.15, -0.1) is 0 Å². The van der Waals surface area contributed by atoms with Gasteiger partial charge in [0.05, 0.1) is 18.8 Å². The van der Waals surface area contributed by atoms with Crippen LogP contribution in [0, 0.1) is 17.8 Å². The summed E-state index contributed by atoms with van der Waals surface area (Å²) in [6.07, 6.45) is 12.5. The third-order valence-corrected chi connectivity index (χ3v) is 9.63. The summed E-state index contributed by atoms with van der Waals surface area (Å²) in [5, 5.41) is 37.1. The van der Waals surface area contributed by atoms with Gasteiger partial charge < -0.3 is 36.1 Å². The first-order valence-electron chi connectivity index (χ1n) is 17.6. The number of hydrogen-bond donors (Lipinski definition) is 6. The number of carbonyl (C=O) groups excluding carboxylic acids is 1. The van der Waals surface area contributed by atoms with E-state index in [4.69, 9.17) is 29.4 Å². The van der Waals surface area contributed by atoms with Crippen molar-refractivity contribution in [3.63, 3.8) is 0 Å². The number of fused-ring (bicyclic) bond motifs is 2. The summed E-state index contributed by atoms with van der Waals surface area (Å²) in [7, 11) is 0. The molecule has 0 amide bonds. The van der Waals surface area contributed by atoms with Gasteiger partial charge >= 0.3 is 0 Å². The van der Waals surface area contributed by atoms with Crippen molar-refractivity contribution in [1.82, 2.24) is 11.8 Å². The van der Waals surface area contributed by atoms with Crippen molar-refractivity contribution in [2.24, 2.45) is 17.8 Å². The number of allylic oxidation sites excluding steroid dienone is 6. The second kappa shape index (κ2) is 22.8. The molecule has 2 aliphatic heterocycles. The van der Waals surface area contributed by atoms with E-state index < -0.39 is 30.7 Å². The number of ether oxygens (including phenoxy) is 2. The summed E-state index contributed by atoms with van der Waals surface area (Å²) in [5.41, 5.74) is 7.82. The number of aliphatic hydroxyl groups excluding tert-OH is 4. The minimum absolute atomic E-state index is 0. The van der Waals surface area contributed by atoms with Crippen LogP contribution in [0.15, 0.2) is 46.6 Å². The molecular formula is C37H66N2O9. The van der Waals surface area contributed by atoms with E-state index in [1.165, 1.54) is 28.7 Å². The van der Waals surface area contributed by atoms with Gasteiger partial charge in [0.15, 0.2) is 12.1 Å². The van der Waals surface area contributed by atoms with Crippen molar-refractivity contribution in [1.29, 1.82) is 0 Å². The van der Waals surface area contributed by atoms with Crippen molar-refractivity contribution >= 4 is 5.78 Å². The van der Waals surface area contributed by atoms with E-state index in [-0.39, 0.29) is 37.2 Å². The Hall–Kier alpha value is -1.77. The normalized spacial score (nSPS) is 33.2. The minimum atomic E-state index is -1.01. The number of ketones is 1. The van der Waals surface area contributed by atoms with E-state index >= 15 is 0 Å². The van der Waals surface area contributed by atoms with Gasteiger partial charge in [-0.25, -0.2) is 0 Å². The highest BCUT2D eigenvalue weighted by molar-refractivity contribution is 5.86. The lowest BCUT2D eigenvalue weighted by molar-refractivity contribution is -0.239. The third-order valence-electron chi connectivity index (χ3n) is 9.63. The summed E-state index contributed by atoms with van der Waals surface area (Å²) in [4.78, 5) is 20.2. The molecule has 0 radical (unpaired) electrons.